The second-order valence-corrected chi connectivity index (χ2v) is 8.81. The van der Waals surface area contributed by atoms with E-state index in [1.807, 2.05) is 24.3 Å². The molecule has 168 valence electrons. The van der Waals surface area contributed by atoms with E-state index >= 15 is 0 Å². The number of aromatic hydroxyl groups is 2. The van der Waals surface area contributed by atoms with Crippen LogP contribution in [-0.2, 0) is 0 Å². The van der Waals surface area contributed by atoms with Crippen LogP contribution in [0.15, 0.2) is 31.4 Å². The van der Waals surface area contributed by atoms with Crippen LogP contribution in [0.5, 0.6) is 11.5 Å². The molecule has 0 saturated carbocycles. The minimum absolute atomic E-state index is 0.155. The minimum Gasteiger partial charge on any atom is -0.507 e. The largest absolute Gasteiger partial charge is 0.507 e. The summed E-state index contributed by atoms with van der Waals surface area (Å²) in [6.45, 7) is 9.99. The predicted octanol–water partition coefficient (Wildman–Crippen LogP) is 3.74. The number of rotatable bonds is 8. The van der Waals surface area contributed by atoms with Crippen LogP contribution in [-0.4, -0.2) is 48.2 Å². The van der Waals surface area contributed by atoms with Crippen molar-refractivity contribution >= 4 is 49.2 Å². The Morgan fingerprint density at radius 3 is 1.50 bits per heavy atom. The van der Waals surface area contributed by atoms with E-state index in [0.717, 1.165) is 24.5 Å². The lowest BCUT2D eigenvalue weighted by atomic mass is 9.93. The fourth-order valence-electron chi connectivity index (χ4n) is 3.45. The van der Waals surface area contributed by atoms with E-state index in [1.165, 1.54) is 0 Å². The predicted molar refractivity (Wildman–Crippen MR) is 137 cm³/mol. The summed E-state index contributed by atoms with van der Waals surface area (Å²) in [4.78, 5) is 17.5. The normalized spacial score (nSPS) is 16.1. The lowest BCUT2D eigenvalue weighted by molar-refractivity contribution is 0.450. The molecule has 2 aliphatic carbocycles. The van der Waals surface area contributed by atoms with Crippen molar-refractivity contribution in [2.45, 2.75) is 40.5 Å². The number of benzene rings is 1. The summed E-state index contributed by atoms with van der Waals surface area (Å²) in [5.41, 5.74) is 2.80. The summed E-state index contributed by atoms with van der Waals surface area (Å²) in [7, 11) is 0. The Bertz CT molecular complexity index is 1060. The summed E-state index contributed by atoms with van der Waals surface area (Å²) in [5, 5.41) is 23.1. The monoisotopic (exact) mass is 432 g/mol. The van der Waals surface area contributed by atoms with Crippen molar-refractivity contribution in [3.63, 3.8) is 0 Å². The van der Waals surface area contributed by atoms with Crippen LogP contribution in [0.25, 0.3) is 24.3 Å². The Labute approximate surface area is 189 Å². The number of phenols is 2. The molecule has 1 aromatic rings. The molecule has 6 nitrogen and oxygen atoms in total. The van der Waals surface area contributed by atoms with Gasteiger partial charge in [0.2, 0.25) is 0 Å². The minimum atomic E-state index is 0.155. The number of hydrogen-bond acceptors (Lipinski definition) is 6. The fourth-order valence-corrected chi connectivity index (χ4v) is 3.45. The van der Waals surface area contributed by atoms with Gasteiger partial charge in [0.1, 0.15) is 11.5 Å². The molecule has 0 heterocycles. The van der Waals surface area contributed by atoms with Gasteiger partial charge >= 0.3 is 0 Å². The van der Waals surface area contributed by atoms with E-state index in [9.17, 15) is 10.2 Å². The second kappa shape index (κ2) is 10.8. The molecule has 0 unspecified atom stereocenters. The molecule has 3 rings (SSSR count). The molecular weight excluding hydrogens is 400 g/mol. The Balaban J connectivity index is 1.85. The highest BCUT2D eigenvalue weighted by atomic mass is 16.3. The van der Waals surface area contributed by atoms with E-state index in [1.54, 1.807) is 24.9 Å². The highest BCUT2D eigenvalue weighted by Crippen LogP contribution is 2.28. The first-order valence-electron chi connectivity index (χ1n) is 11.1. The van der Waals surface area contributed by atoms with Gasteiger partial charge in [0.15, 0.2) is 0 Å². The molecule has 0 fully saturated rings. The van der Waals surface area contributed by atoms with Gasteiger partial charge in [0, 0.05) is 83.7 Å². The van der Waals surface area contributed by atoms with E-state index in [0.29, 0.717) is 46.2 Å². The van der Waals surface area contributed by atoms with Crippen LogP contribution in [0.1, 0.15) is 51.7 Å². The quantitative estimate of drug-likeness (QED) is 0.484. The van der Waals surface area contributed by atoms with Crippen molar-refractivity contribution in [1.82, 2.24) is 0 Å². The first-order chi connectivity index (χ1) is 15.4. The first kappa shape index (κ1) is 23.4. The van der Waals surface area contributed by atoms with E-state index in [-0.39, 0.29) is 11.5 Å². The zero-order chi connectivity index (χ0) is 23.1. The lowest BCUT2D eigenvalue weighted by Gasteiger charge is -2.16. The molecule has 0 aliphatic heterocycles. The molecule has 0 bridgehead atoms. The van der Waals surface area contributed by atoms with Crippen LogP contribution in [0, 0.1) is 11.8 Å². The van der Waals surface area contributed by atoms with E-state index < -0.39 is 0 Å². The van der Waals surface area contributed by atoms with Gasteiger partial charge < -0.3 is 10.2 Å². The number of allylic oxidation sites excluding steroid dienone is 2. The molecule has 32 heavy (non-hydrogen) atoms. The average molecular weight is 433 g/mol. The summed E-state index contributed by atoms with van der Waals surface area (Å²) in [6, 6.07) is 0. The third-order valence-corrected chi connectivity index (χ3v) is 5.02. The Morgan fingerprint density at radius 1 is 0.719 bits per heavy atom. The highest BCUT2D eigenvalue weighted by Gasteiger charge is 2.18. The molecule has 0 amide bonds. The molecule has 2 aliphatic rings. The van der Waals surface area contributed by atoms with Gasteiger partial charge in [-0.1, -0.05) is 39.8 Å². The molecule has 1 aromatic carbocycles. The van der Waals surface area contributed by atoms with Crippen LogP contribution in [0.2, 0.25) is 0 Å². The molecule has 0 atom stereocenters. The fraction of sp³-hybridized carbons (Fsp3) is 0.385. The van der Waals surface area contributed by atoms with Gasteiger partial charge in [-0.3, -0.25) is 20.0 Å². The second-order valence-electron chi connectivity index (χ2n) is 8.81. The number of nitrogens with zero attached hydrogens (tertiary/aromatic N) is 4. The molecular formula is C26H32N4O2. The maximum atomic E-state index is 10.9. The van der Waals surface area contributed by atoms with Gasteiger partial charge in [-0.15, -0.1) is 0 Å². The summed E-state index contributed by atoms with van der Waals surface area (Å²) in [6.07, 6.45) is 15.3. The third kappa shape index (κ3) is 5.90. The average Bonchev–Trinajstić information content (AvgIpc) is 2.76. The molecule has 2 N–H and O–H groups in total. The summed E-state index contributed by atoms with van der Waals surface area (Å²) >= 11 is 0. The number of fused-ring (bicyclic) bond motifs is 2. The van der Waals surface area contributed by atoms with Crippen molar-refractivity contribution in [3.05, 3.63) is 33.0 Å². The van der Waals surface area contributed by atoms with Gasteiger partial charge in [-0.05, 0) is 24.0 Å². The molecule has 0 saturated heterocycles. The van der Waals surface area contributed by atoms with Gasteiger partial charge in [-0.25, -0.2) is 0 Å². The SMILES string of the molecule is CC(C)CN=CC=NC1=Cc2c(O)c3c(c(O)c2=CC1)C=C(N=CC=NCC(C)C)CC=3. The van der Waals surface area contributed by atoms with Crippen molar-refractivity contribution in [2.75, 3.05) is 13.1 Å². The molecule has 0 spiro atoms. The maximum Gasteiger partial charge on any atom is 0.131 e. The summed E-state index contributed by atoms with van der Waals surface area (Å²) in [5.74, 6) is 1.33. The standard InChI is InChI=1S/C26H32N4O2/c1-17(2)15-27-9-11-29-19-5-7-21-23(13-19)25(31)22-8-6-20(14-24(22)26(21)32)30-12-10-28-16-18(3)4/h7-14,17-18,31-32H,5-6,15-16H2,1-4H3. The van der Waals surface area contributed by atoms with Crippen LogP contribution in [0.3, 0.4) is 0 Å². The lowest BCUT2D eigenvalue weighted by Crippen LogP contribution is -2.21. The molecule has 0 aromatic heterocycles. The van der Waals surface area contributed by atoms with Crippen LogP contribution < -0.4 is 10.4 Å². The molecule has 0 radical (unpaired) electrons. The Hall–Kier alpha value is -3.28. The summed E-state index contributed by atoms with van der Waals surface area (Å²) < 4.78 is 0. The topological polar surface area (TPSA) is 89.9 Å². The number of hydrogen-bond donors (Lipinski definition) is 2. The van der Waals surface area contributed by atoms with Gasteiger partial charge in [0.25, 0.3) is 0 Å². The van der Waals surface area contributed by atoms with E-state index in [4.69, 9.17) is 0 Å². The smallest absolute Gasteiger partial charge is 0.131 e. The highest BCUT2D eigenvalue weighted by molar-refractivity contribution is 6.16. The van der Waals surface area contributed by atoms with Crippen LogP contribution in [0.4, 0.5) is 0 Å². The Kier molecular flexibility index (Phi) is 7.92. The first-order valence-corrected chi connectivity index (χ1v) is 11.1. The van der Waals surface area contributed by atoms with Crippen molar-refractivity contribution in [1.29, 1.82) is 0 Å². The third-order valence-electron chi connectivity index (χ3n) is 5.02. The maximum absolute atomic E-state index is 10.9. The van der Waals surface area contributed by atoms with Gasteiger partial charge in [-0.2, -0.15) is 0 Å². The number of aliphatic imine (C=N–C) groups is 4. The van der Waals surface area contributed by atoms with Crippen molar-refractivity contribution in [2.24, 2.45) is 31.8 Å². The number of phenolic OH excluding ortho intramolecular Hbond substituents is 2. The molecule has 6 heteroatoms. The van der Waals surface area contributed by atoms with E-state index in [2.05, 4.69) is 47.7 Å². The van der Waals surface area contributed by atoms with Gasteiger partial charge in [0.05, 0.1) is 0 Å². The van der Waals surface area contributed by atoms with Crippen molar-refractivity contribution < 1.29 is 10.2 Å². The zero-order valence-corrected chi connectivity index (χ0v) is 19.3. The van der Waals surface area contributed by atoms with Crippen molar-refractivity contribution in [3.8, 4) is 11.5 Å². The zero-order valence-electron chi connectivity index (χ0n) is 19.3. The van der Waals surface area contributed by atoms with Crippen LogP contribution >= 0.6 is 0 Å². The Morgan fingerprint density at radius 2 is 1.12 bits per heavy atom.